The van der Waals surface area contributed by atoms with Crippen LogP contribution in [0.3, 0.4) is 0 Å². The van der Waals surface area contributed by atoms with Crippen LogP contribution in [0.2, 0.25) is 0 Å². The number of rotatable bonds is 5. The van der Waals surface area contributed by atoms with Crippen molar-refractivity contribution in [1.29, 1.82) is 0 Å². The Balaban J connectivity index is 1.69. The first-order valence-corrected chi connectivity index (χ1v) is 10.3. The lowest BCUT2D eigenvalue weighted by molar-refractivity contribution is -0.143. The van der Waals surface area contributed by atoms with E-state index in [-0.39, 0.29) is 18.3 Å². The van der Waals surface area contributed by atoms with Crippen molar-refractivity contribution < 1.29 is 18.7 Å². The van der Waals surface area contributed by atoms with Crippen molar-refractivity contribution in [3.63, 3.8) is 0 Å². The minimum Gasteiger partial charge on any atom is -0.468 e. The third kappa shape index (κ3) is 4.01. The number of nitrogens with zero attached hydrogens (tertiary/aromatic N) is 2. The van der Waals surface area contributed by atoms with E-state index in [9.17, 15) is 14.0 Å². The first-order chi connectivity index (χ1) is 14.5. The second kappa shape index (κ2) is 8.41. The number of thioether (sulfide) groups is 1. The fourth-order valence-corrected chi connectivity index (χ4v) is 4.57. The summed E-state index contributed by atoms with van der Waals surface area (Å²) in [6, 6.07) is 14.3. The van der Waals surface area contributed by atoms with Crippen molar-refractivity contribution in [1.82, 2.24) is 9.47 Å². The van der Waals surface area contributed by atoms with E-state index >= 15 is 0 Å². The minimum atomic E-state index is -0.528. The molecule has 0 spiro atoms. The van der Waals surface area contributed by atoms with E-state index in [0.717, 1.165) is 33.8 Å². The number of methoxy groups -OCH3 is 1. The predicted molar refractivity (Wildman–Crippen MR) is 119 cm³/mol. The van der Waals surface area contributed by atoms with Crippen LogP contribution < -0.4 is 0 Å². The first-order valence-electron chi connectivity index (χ1n) is 9.11. The molecule has 2 heterocycles. The quantitative estimate of drug-likeness (QED) is 0.338. The summed E-state index contributed by atoms with van der Waals surface area (Å²) in [7, 11) is 1.27. The highest BCUT2D eigenvalue weighted by Crippen LogP contribution is 2.34. The Kier molecular flexibility index (Phi) is 5.69. The average Bonchev–Trinajstić information content (AvgIpc) is 3.20. The molecule has 5 nitrogen and oxygen atoms in total. The van der Waals surface area contributed by atoms with E-state index < -0.39 is 5.97 Å². The van der Waals surface area contributed by atoms with Crippen molar-refractivity contribution in [3.05, 3.63) is 76.6 Å². The first kappa shape index (κ1) is 20.3. The summed E-state index contributed by atoms with van der Waals surface area (Å²) < 4.78 is 20.6. The van der Waals surface area contributed by atoms with E-state index in [1.54, 1.807) is 12.1 Å². The van der Waals surface area contributed by atoms with Gasteiger partial charge in [0.1, 0.15) is 16.7 Å². The maximum absolute atomic E-state index is 13.6. The Hall–Kier alpha value is -2.97. The van der Waals surface area contributed by atoms with Crippen LogP contribution in [0.1, 0.15) is 11.1 Å². The number of halogens is 1. The standard InChI is InChI=1S/C22H17FN2O3S2/c1-28-20(26)13-25-21(27)19(30-22(25)29)10-15-12-24(18-8-3-2-7-17(15)18)11-14-5-4-6-16(23)9-14/h2-10,12H,11,13H2,1H3/b19-10-. The number of hydrogen-bond donors (Lipinski definition) is 0. The number of carbonyl (C=O) groups excluding carboxylic acids is 2. The van der Waals surface area contributed by atoms with Crippen LogP contribution in [-0.4, -0.2) is 39.3 Å². The summed E-state index contributed by atoms with van der Waals surface area (Å²) in [4.78, 5) is 26.0. The summed E-state index contributed by atoms with van der Waals surface area (Å²) in [6.45, 7) is 0.287. The number of hydrogen-bond acceptors (Lipinski definition) is 5. The van der Waals surface area contributed by atoms with Crippen LogP contribution in [0.15, 0.2) is 59.6 Å². The molecule has 0 bridgehead atoms. The normalized spacial score (nSPS) is 15.4. The molecule has 0 aliphatic carbocycles. The second-order valence-corrected chi connectivity index (χ2v) is 8.38. The fraction of sp³-hybridized carbons (Fsp3) is 0.136. The van der Waals surface area contributed by atoms with E-state index in [1.807, 2.05) is 41.1 Å². The van der Waals surface area contributed by atoms with E-state index in [0.29, 0.717) is 15.8 Å². The molecule has 1 fully saturated rings. The van der Waals surface area contributed by atoms with Crippen molar-refractivity contribution in [2.24, 2.45) is 0 Å². The van der Waals surface area contributed by atoms with Crippen LogP contribution in [0.4, 0.5) is 4.39 Å². The highest BCUT2D eigenvalue weighted by atomic mass is 32.2. The van der Waals surface area contributed by atoms with Crippen LogP contribution in [0.5, 0.6) is 0 Å². The third-order valence-electron chi connectivity index (χ3n) is 4.74. The Morgan fingerprint density at radius 2 is 2.03 bits per heavy atom. The van der Waals surface area contributed by atoms with Gasteiger partial charge in [0.05, 0.1) is 12.0 Å². The summed E-state index contributed by atoms with van der Waals surface area (Å²) >= 11 is 6.41. The van der Waals surface area contributed by atoms with Crippen molar-refractivity contribution in [2.75, 3.05) is 13.7 Å². The van der Waals surface area contributed by atoms with Crippen molar-refractivity contribution >= 4 is 57.2 Å². The molecule has 1 amide bonds. The summed E-state index contributed by atoms with van der Waals surface area (Å²) in [5, 5.41) is 0.965. The van der Waals surface area contributed by atoms with Gasteiger partial charge in [0, 0.05) is 29.2 Å². The van der Waals surface area contributed by atoms with Crippen molar-refractivity contribution in [2.45, 2.75) is 6.54 Å². The van der Waals surface area contributed by atoms with Gasteiger partial charge in [-0.2, -0.15) is 0 Å². The molecule has 1 aliphatic heterocycles. The zero-order valence-corrected chi connectivity index (χ0v) is 17.6. The highest BCUT2D eigenvalue weighted by molar-refractivity contribution is 8.26. The molecule has 0 radical (unpaired) electrons. The molecule has 1 aromatic heterocycles. The lowest BCUT2D eigenvalue weighted by Crippen LogP contribution is -2.33. The van der Waals surface area contributed by atoms with Crippen LogP contribution >= 0.6 is 24.0 Å². The Labute approximate surface area is 182 Å². The zero-order chi connectivity index (χ0) is 21.3. The number of carbonyl (C=O) groups is 2. The number of esters is 1. The second-order valence-electron chi connectivity index (χ2n) is 6.70. The molecule has 4 rings (SSSR count). The Morgan fingerprint density at radius 1 is 1.23 bits per heavy atom. The average molecular weight is 441 g/mol. The maximum Gasteiger partial charge on any atom is 0.325 e. The number of para-hydroxylation sites is 1. The van der Waals surface area contributed by atoms with Gasteiger partial charge in [-0.3, -0.25) is 14.5 Å². The Bertz CT molecular complexity index is 1200. The number of benzene rings is 2. The Morgan fingerprint density at radius 3 is 2.80 bits per heavy atom. The largest absolute Gasteiger partial charge is 0.468 e. The van der Waals surface area contributed by atoms with Gasteiger partial charge in [0.2, 0.25) is 0 Å². The molecule has 0 N–H and O–H groups in total. The van der Waals surface area contributed by atoms with E-state index in [2.05, 4.69) is 4.74 Å². The predicted octanol–water partition coefficient (Wildman–Crippen LogP) is 4.20. The number of aromatic nitrogens is 1. The summed E-state index contributed by atoms with van der Waals surface area (Å²) in [5.74, 6) is -1.13. The molecule has 0 unspecified atom stereocenters. The fourth-order valence-electron chi connectivity index (χ4n) is 3.32. The van der Waals surface area contributed by atoms with E-state index in [4.69, 9.17) is 12.2 Å². The lowest BCUT2D eigenvalue weighted by atomic mass is 10.1. The number of fused-ring (bicyclic) bond motifs is 1. The smallest absolute Gasteiger partial charge is 0.325 e. The summed E-state index contributed by atoms with van der Waals surface area (Å²) in [6.07, 6.45) is 3.71. The van der Waals surface area contributed by atoms with Gasteiger partial charge in [-0.1, -0.05) is 54.3 Å². The monoisotopic (exact) mass is 440 g/mol. The molecular formula is C22H17FN2O3S2. The molecule has 3 aromatic rings. The van der Waals surface area contributed by atoms with Crippen LogP contribution in [-0.2, 0) is 20.9 Å². The van der Waals surface area contributed by atoms with Gasteiger partial charge in [-0.05, 0) is 29.8 Å². The molecule has 8 heteroatoms. The van der Waals surface area contributed by atoms with Gasteiger partial charge >= 0.3 is 5.97 Å². The van der Waals surface area contributed by atoms with Crippen molar-refractivity contribution in [3.8, 4) is 0 Å². The van der Waals surface area contributed by atoms with Gasteiger partial charge < -0.3 is 9.30 Å². The number of amides is 1. The lowest BCUT2D eigenvalue weighted by Gasteiger charge is -2.11. The van der Waals surface area contributed by atoms with Gasteiger partial charge in [0.25, 0.3) is 5.91 Å². The van der Waals surface area contributed by atoms with Crippen LogP contribution in [0, 0.1) is 5.82 Å². The van der Waals surface area contributed by atoms with Gasteiger partial charge in [-0.25, -0.2) is 4.39 Å². The summed E-state index contributed by atoms with van der Waals surface area (Å²) in [5.41, 5.74) is 2.66. The maximum atomic E-state index is 13.6. The molecule has 152 valence electrons. The SMILES string of the molecule is COC(=O)CN1C(=O)/C(=C/c2cn(Cc3cccc(F)c3)c3ccccc23)SC1=S. The molecule has 0 saturated carbocycles. The number of thiocarbonyl (C=S) groups is 1. The third-order valence-corrected chi connectivity index (χ3v) is 6.11. The molecule has 1 saturated heterocycles. The van der Waals surface area contributed by atoms with E-state index in [1.165, 1.54) is 24.1 Å². The molecular weight excluding hydrogens is 423 g/mol. The topological polar surface area (TPSA) is 51.5 Å². The highest BCUT2D eigenvalue weighted by Gasteiger charge is 2.33. The van der Waals surface area contributed by atoms with Gasteiger partial charge in [0.15, 0.2) is 0 Å². The molecule has 2 aromatic carbocycles. The molecule has 1 aliphatic rings. The molecule has 30 heavy (non-hydrogen) atoms. The number of ether oxygens (including phenoxy) is 1. The molecule has 0 atom stereocenters. The zero-order valence-electron chi connectivity index (χ0n) is 16.0. The minimum absolute atomic E-state index is 0.208. The van der Waals surface area contributed by atoms with Crippen LogP contribution in [0.25, 0.3) is 17.0 Å². The van der Waals surface area contributed by atoms with Gasteiger partial charge in [-0.15, -0.1) is 0 Å².